The molecule has 5 heteroatoms. The van der Waals surface area contributed by atoms with Crippen LogP contribution in [0, 0.1) is 6.92 Å². The second-order valence-corrected chi connectivity index (χ2v) is 5.36. The number of nitrogens with zero attached hydrogens (tertiary/aromatic N) is 2. The van der Waals surface area contributed by atoms with Crippen LogP contribution in [0.5, 0.6) is 0 Å². The lowest BCUT2D eigenvalue weighted by atomic mass is 9.97. The molecule has 1 unspecified atom stereocenters. The molecule has 1 heterocycles. The highest BCUT2D eigenvalue weighted by Crippen LogP contribution is 2.33. The predicted molar refractivity (Wildman–Crippen MR) is 81.1 cm³/mol. The number of alkyl halides is 3. The predicted octanol–water partition coefficient (Wildman–Crippen LogP) is 5.27. The Morgan fingerprint density at radius 1 is 1.27 bits per heavy atom. The molecule has 0 spiro atoms. The summed E-state index contributed by atoms with van der Waals surface area (Å²) in [4.78, 5) is 4.08. The van der Waals surface area contributed by atoms with Gasteiger partial charge in [-0.15, -0.1) is 0 Å². The third kappa shape index (κ3) is 3.78. The van der Waals surface area contributed by atoms with Crippen molar-refractivity contribution >= 4 is 0 Å². The number of rotatable bonds is 4. The summed E-state index contributed by atoms with van der Waals surface area (Å²) in [5, 5.41) is 0. The molecule has 2 rings (SSSR count). The zero-order chi connectivity index (χ0) is 16.3. The number of hydrogen-bond donors (Lipinski definition) is 0. The zero-order valence-corrected chi connectivity index (χ0v) is 12.9. The van der Waals surface area contributed by atoms with Crippen LogP contribution < -0.4 is 0 Å². The molecule has 0 saturated heterocycles. The van der Waals surface area contributed by atoms with Crippen LogP contribution in [-0.4, -0.2) is 9.55 Å². The van der Waals surface area contributed by atoms with Gasteiger partial charge >= 0.3 is 6.18 Å². The van der Waals surface area contributed by atoms with Gasteiger partial charge in [0.15, 0.2) is 0 Å². The third-order valence-corrected chi connectivity index (χ3v) is 3.46. The molecular formula is C17H19F3N2. The highest BCUT2D eigenvalue weighted by atomic mass is 19.4. The minimum Gasteiger partial charge on any atom is -0.306 e. The van der Waals surface area contributed by atoms with Crippen LogP contribution in [0.3, 0.4) is 0 Å². The summed E-state index contributed by atoms with van der Waals surface area (Å²) in [6, 6.07) is 4.15. The molecule has 0 amide bonds. The van der Waals surface area contributed by atoms with Gasteiger partial charge in [-0.2, -0.15) is 13.2 Å². The quantitative estimate of drug-likeness (QED) is 0.704. The number of halogens is 3. The molecule has 118 valence electrons. The molecule has 0 fully saturated rings. The van der Waals surface area contributed by atoms with Crippen LogP contribution in [0.25, 0.3) is 5.69 Å². The van der Waals surface area contributed by atoms with Crippen molar-refractivity contribution in [1.82, 2.24) is 9.55 Å². The lowest BCUT2D eigenvalue weighted by Crippen LogP contribution is -2.08. The molecule has 2 aromatic rings. The van der Waals surface area contributed by atoms with Crippen LogP contribution >= 0.6 is 0 Å². The van der Waals surface area contributed by atoms with E-state index in [-0.39, 0.29) is 5.92 Å². The van der Waals surface area contributed by atoms with Crippen LogP contribution in [-0.2, 0) is 6.18 Å². The summed E-state index contributed by atoms with van der Waals surface area (Å²) >= 11 is 0. The first kappa shape index (κ1) is 16.3. The molecule has 0 N–H and O–H groups in total. The van der Waals surface area contributed by atoms with E-state index in [4.69, 9.17) is 0 Å². The fourth-order valence-electron chi connectivity index (χ4n) is 2.22. The fraction of sp³-hybridized carbons (Fsp3) is 0.353. The van der Waals surface area contributed by atoms with E-state index in [9.17, 15) is 13.2 Å². The molecule has 0 saturated carbocycles. The molecule has 2 nitrogen and oxygen atoms in total. The molecular weight excluding hydrogens is 289 g/mol. The minimum atomic E-state index is -4.37. The second kappa shape index (κ2) is 6.38. The highest BCUT2D eigenvalue weighted by molar-refractivity contribution is 5.43. The summed E-state index contributed by atoms with van der Waals surface area (Å²) in [6.45, 7) is 5.69. The van der Waals surface area contributed by atoms with Gasteiger partial charge in [0.25, 0.3) is 0 Å². The SMILES string of the molecule is CCC=CC(C)c1cc(-n2cnc(C)c2)cc(C(F)(F)F)c1. The summed E-state index contributed by atoms with van der Waals surface area (Å²) in [5.74, 6) is -0.0781. The van der Waals surface area contributed by atoms with Gasteiger partial charge in [-0.25, -0.2) is 4.98 Å². The van der Waals surface area contributed by atoms with Crippen molar-refractivity contribution in [2.45, 2.75) is 39.3 Å². The first-order chi connectivity index (χ1) is 10.3. The smallest absolute Gasteiger partial charge is 0.306 e. The van der Waals surface area contributed by atoms with E-state index < -0.39 is 11.7 Å². The van der Waals surface area contributed by atoms with Crippen LogP contribution in [0.1, 0.15) is 43.0 Å². The summed E-state index contributed by atoms with van der Waals surface area (Å²) in [6.07, 6.45) is 3.63. The zero-order valence-electron chi connectivity index (χ0n) is 12.9. The maximum absolute atomic E-state index is 13.1. The van der Waals surface area contributed by atoms with Crippen molar-refractivity contribution in [3.05, 3.63) is 59.7 Å². The lowest BCUT2D eigenvalue weighted by molar-refractivity contribution is -0.137. The van der Waals surface area contributed by atoms with Gasteiger partial charge in [-0.3, -0.25) is 0 Å². The van der Waals surface area contributed by atoms with E-state index in [2.05, 4.69) is 4.98 Å². The number of aryl methyl sites for hydroxylation is 1. The number of aromatic nitrogens is 2. The van der Waals surface area contributed by atoms with E-state index in [0.29, 0.717) is 11.3 Å². The molecule has 1 aromatic carbocycles. The fourth-order valence-corrected chi connectivity index (χ4v) is 2.22. The molecule has 1 atom stereocenters. The van der Waals surface area contributed by atoms with Gasteiger partial charge in [0.2, 0.25) is 0 Å². The molecule has 0 aliphatic heterocycles. The largest absolute Gasteiger partial charge is 0.416 e. The molecule has 0 bridgehead atoms. The van der Waals surface area contributed by atoms with Gasteiger partial charge in [-0.05, 0) is 43.0 Å². The Bertz CT molecular complexity index is 669. The van der Waals surface area contributed by atoms with Crippen molar-refractivity contribution in [2.24, 2.45) is 0 Å². The monoisotopic (exact) mass is 308 g/mol. The van der Waals surface area contributed by atoms with Crippen molar-refractivity contribution in [2.75, 3.05) is 0 Å². The van der Waals surface area contributed by atoms with Gasteiger partial charge < -0.3 is 4.57 Å². The molecule has 0 aliphatic carbocycles. The standard InChI is InChI=1S/C17H19F3N2/c1-4-5-6-12(2)14-7-15(17(18,19)20)9-16(8-14)22-10-13(3)21-11-22/h5-12H,4H2,1-3H3. The van der Waals surface area contributed by atoms with Crippen molar-refractivity contribution < 1.29 is 13.2 Å². The normalized spacial score (nSPS) is 13.7. The van der Waals surface area contributed by atoms with Gasteiger partial charge in [-0.1, -0.05) is 26.0 Å². The van der Waals surface area contributed by atoms with E-state index in [1.165, 1.54) is 12.4 Å². The maximum Gasteiger partial charge on any atom is 0.416 e. The Morgan fingerprint density at radius 2 is 2.00 bits per heavy atom. The van der Waals surface area contributed by atoms with E-state index >= 15 is 0 Å². The van der Waals surface area contributed by atoms with Gasteiger partial charge in [0.05, 0.1) is 17.6 Å². The van der Waals surface area contributed by atoms with Crippen LogP contribution in [0.4, 0.5) is 13.2 Å². The number of allylic oxidation sites excluding steroid dienone is 2. The average molecular weight is 308 g/mol. The lowest BCUT2D eigenvalue weighted by Gasteiger charge is -2.15. The highest BCUT2D eigenvalue weighted by Gasteiger charge is 2.31. The Balaban J connectivity index is 2.52. The van der Waals surface area contributed by atoms with Crippen molar-refractivity contribution in [3.63, 3.8) is 0 Å². The Morgan fingerprint density at radius 3 is 2.55 bits per heavy atom. The maximum atomic E-state index is 13.1. The summed E-state index contributed by atoms with van der Waals surface area (Å²) in [7, 11) is 0. The Labute approximate surface area is 128 Å². The van der Waals surface area contributed by atoms with Gasteiger partial charge in [0, 0.05) is 11.9 Å². The van der Waals surface area contributed by atoms with Gasteiger partial charge in [0.1, 0.15) is 0 Å². The Hall–Kier alpha value is -2.04. The average Bonchev–Trinajstić information content (AvgIpc) is 2.90. The minimum absolute atomic E-state index is 0.0781. The summed E-state index contributed by atoms with van der Waals surface area (Å²) in [5.41, 5.74) is 1.24. The summed E-state index contributed by atoms with van der Waals surface area (Å²) < 4.78 is 41.0. The second-order valence-electron chi connectivity index (χ2n) is 5.36. The van der Waals surface area contributed by atoms with Crippen LogP contribution in [0.2, 0.25) is 0 Å². The van der Waals surface area contributed by atoms with Crippen molar-refractivity contribution in [3.8, 4) is 5.69 Å². The molecule has 1 aromatic heterocycles. The van der Waals surface area contributed by atoms with E-state index in [0.717, 1.165) is 18.2 Å². The van der Waals surface area contributed by atoms with E-state index in [1.54, 1.807) is 23.8 Å². The molecule has 0 aliphatic rings. The number of imidazole rings is 1. The molecule has 22 heavy (non-hydrogen) atoms. The third-order valence-electron chi connectivity index (χ3n) is 3.46. The number of hydrogen-bond acceptors (Lipinski definition) is 1. The molecule has 0 radical (unpaired) electrons. The Kier molecular flexibility index (Phi) is 4.74. The first-order valence-electron chi connectivity index (χ1n) is 7.21. The van der Waals surface area contributed by atoms with E-state index in [1.807, 2.05) is 26.0 Å². The first-order valence-corrected chi connectivity index (χ1v) is 7.21. The topological polar surface area (TPSA) is 17.8 Å². The number of benzene rings is 1. The van der Waals surface area contributed by atoms with Crippen LogP contribution in [0.15, 0.2) is 42.9 Å². The van der Waals surface area contributed by atoms with Crippen molar-refractivity contribution in [1.29, 1.82) is 0 Å².